The van der Waals surface area contributed by atoms with Gasteiger partial charge in [0.25, 0.3) is 0 Å². The van der Waals surface area contributed by atoms with E-state index in [-0.39, 0.29) is 0 Å². The molecule has 1 aliphatic heterocycles. The highest BCUT2D eigenvalue weighted by atomic mass is 16.5. The minimum Gasteiger partial charge on any atom is -0.494 e. The van der Waals surface area contributed by atoms with Gasteiger partial charge < -0.3 is 15.4 Å². The number of hydrogen-bond acceptors (Lipinski definition) is 4. The lowest BCUT2D eigenvalue weighted by Crippen LogP contribution is -2.37. The van der Waals surface area contributed by atoms with Crippen molar-refractivity contribution in [3.05, 3.63) is 29.8 Å². The highest BCUT2D eigenvalue weighted by Crippen LogP contribution is 2.34. The molecule has 20 heavy (non-hydrogen) atoms. The number of rotatable bonds is 6. The summed E-state index contributed by atoms with van der Waals surface area (Å²) in [6.07, 6.45) is 3.70. The average Bonchev–Trinajstić information content (AvgIpc) is 3.22. The SMILES string of the molecule is CCCOc1ccc(C2CN=C(N)N2CC2CC2)cc1. The number of nitrogens with zero attached hydrogens (tertiary/aromatic N) is 2. The summed E-state index contributed by atoms with van der Waals surface area (Å²) >= 11 is 0. The summed E-state index contributed by atoms with van der Waals surface area (Å²) in [6, 6.07) is 8.69. The second kappa shape index (κ2) is 5.73. The minimum atomic E-state index is 0.302. The molecule has 1 aliphatic carbocycles. The van der Waals surface area contributed by atoms with Crippen LogP contribution in [0.15, 0.2) is 29.3 Å². The zero-order chi connectivity index (χ0) is 13.9. The van der Waals surface area contributed by atoms with Crippen molar-refractivity contribution < 1.29 is 4.74 Å². The van der Waals surface area contributed by atoms with Gasteiger partial charge in [-0.2, -0.15) is 0 Å². The topological polar surface area (TPSA) is 50.9 Å². The number of nitrogens with two attached hydrogens (primary N) is 1. The van der Waals surface area contributed by atoms with Crippen LogP contribution in [0, 0.1) is 5.92 Å². The summed E-state index contributed by atoms with van der Waals surface area (Å²) in [6.45, 7) is 4.71. The number of hydrogen-bond donors (Lipinski definition) is 1. The van der Waals surface area contributed by atoms with Crippen molar-refractivity contribution in [2.75, 3.05) is 19.7 Å². The lowest BCUT2D eigenvalue weighted by Gasteiger charge is -2.26. The molecule has 2 N–H and O–H groups in total. The molecule has 4 nitrogen and oxygen atoms in total. The van der Waals surface area contributed by atoms with E-state index >= 15 is 0 Å². The van der Waals surface area contributed by atoms with E-state index < -0.39 is 0 Å². The van der Waals surface area contributed by atoms with Gasteiger partial charge in [-0.05, 0) is 42.9 Å². The molecule has 1 saturated carbocycles. The molecule has 4 heteroatoms. The second-order valence-electron chi connectivity index (χ2n) is 5.73. The number of guanidine groups is 1. The van der Waals surface area contributed by atoms with Crippen LogP contribution in [0.1, 0.15) is 37.8 Å². The normalized spacial score (nSPS) is 21.9. The van der Waals surface area contributed by atoms with E-state index in [9.17, 15) is 0 Å². The lowest BCUT2D eigenvalue weighted by atomic mass is 10.1. The van der Waals surface area contributed by atoms with Crippen LogP contribution in [0.2, 0.25) is 0 Å². The van der Waals surface area contributed by atoms with Crippen molar-refractivity contribution in [2.45, 2.75) is 32.2 Å². The monoisotopic (exact) mass is 273 g/mol. The third-order valence-corrected chi connectivity index (χ3v) is 3.99. The van der Waals surface area contributed by atoms with E-state index in [0.717, 1.165) is 37.8 Å². The van der Waals surface area contributed by atoms with Crippen LogP contribution in [0.5, 0.6) is 5.75 Å². The van der Waals surface area contributed by atoms with E-state index in [1.54, 1.807) is 0 Å². The summed E-state index contributed by atoms with van der Waals surface area (Å²) in [7, 11) is 0. The molecular weight excluding hydrogens is 250 g/mol. The highest BCUT2D eigenvalue weighted by molar-refractivity contribution is 5.80. The van der Waals surface area contributed by atoms with Gasteiger partial charge in [0.1, 0.15) is 5.75 Å². The molecule has 0 bridgehead atoms. The van der Waals surface area contributed by atoms with E-state index in [4.69, 9.17) is 10.5 Å². The van der Waals surface area contributed by atoms with E-state index in [0.29, 0.717) is 12.0 Å². The molecular formula is C16H23N3O. The molecule has 3 rings (SSSR count). The van der Waals surface area contributed by atoms with Gasteiger partial charge in [-0.15, -0.1) is 0 Å². The maximum Gasteiger partial charge on any atom is 0.191 e. The average molecular weight is 273 g/mol. The molecule has 0 radical (unpaired) electrons. The molecule has 0 amide bonds. The fraction of sp³-hybridized carbons (Fsp3) is 0.562. The van der Waals surface area contributed by atoms with Crippen LogP contribution in [-0.4, -0.2) is 30.6 Å². The first kappa shape index (κ1) is 13.3. The van der Waals surface area contributed by atoms with Crippen molar-refractivity contribution >= 4 is 5.96 Å². The third kappa shape index (κ3) is 2.89. The van der Waals surface area contributed by atoms with Crippen molar-refractivity contribution in [3.8, 4) is 5.75 Å². The molecule has 2 aliphatic rings. The maximum atomic E-state index is 6.03. The largest absolute Gasteiger partial charge is 0.494 e. The van der Waals surface area contributed by atoms with Gasteiger partial charge in [0.2, 0.25) is 0 Å². The van der Waals surface area contributed by atoms with E-state index in [2.05, 4.69) is 41.1 Å². The Morgan fingerprint density at radius 1 is 1.30 bits per heavy atom. The summed E-state index contributed by atoms with van der Waals surface area (Å²) < 4.78 is 5.63. The minimum absolute atomic E-state index is 0.302. The smallest absolute Gasteiger partial charge is 0.191 e. The molecule has 1 fully saturated rings. The number of benzene rings is 1. The molecule has 0 aromatic heterocycles. The molecule has 1 aromatic rings. The van der Waals surface area contributed by atoms with Crippen molar-refractivity contribution in [2.24, 2.45) is 16.6 Å². The van der Waals surface area contributed by atoms with Gasteiger partial charge >= 0.3 is 0 Å². The van der Waals surface area contributed by atoms with Gasteiger partial charge in [0, 0.05) is 6.54 Å². The Hall–Kier alpha value is -1.71. The van der Waals surface area contributed by atoms with Crippen LogP contribution in [0.25, 0.3) is 0 Å². The predicted molar refractivity (Wildman–Crippen MR) is 80.9 cm³/mol. The first-order chi connectivity index (χ1) is 9.78. The lowest BCUT2D eigenvalue weighted by molar-refractivity contribution is 0.315. The Kier molecular flexibility index (Phi) is 3.81. The Morgan fingerprint density at radius 3 is 2.70 bits per heavy atom. The fourth-order valence-corrected chi connectivity index (χ4v) is 2.62. The van der Waals surface area contributed by atoms with E-state index in [1.807, 2.05) is 0 Å². The first-order valence-corrected chi connectivity index (χ1v) is 7.57. The van der Waals surface area contributed by atoms with Gasteiger partial charge in [0.15, 0.2) is 5.96 Å². The molecule has 0 saturated heterocycles. The standard InChI is InChI=1S/C16H23N3O/c1-2-9-20-14-7-5-13(6-8-14)15-10-18-16(17)19(15)11-12-3-4-12/h5-8,12,15H,2-4,9-11H2,1H3,(H2,17,18). The molecule has 1 aromatic carbocycles. The van der Waals surface area contributed by atoms with Crippen LogP contribution in [-0.2, 0) is 0 Å². The van der Waals surface area contributed by atoms with Crippen LogP contribution in [0.4, 0.5) is 0 Å². The zero-order valence-corrected chi connectivity index (χ0v) is 12.1. The quantitative estimate of drug-likeness (QED) is 0.866. The number of ether oxygens (including phenoxy) is 1. The predicted octanol–water partition coefficient (Wildman–Crippen LogP) is 2.56. The number of aliphatic imine (C=N–C) groups is 1. The molecule has 108 valence electrons. The molecule has 1 unspecified atom stereocenters. The summed E-state index contributed by atoms with van der Waals surface area (Å²) in [5, 5.41) is 0. The third-order valence-electron chi connectivity index (χ3n) is 3.99. The highest BCUT2D eigenvalue weighted by Gasteiger charge is 2.32. The van der Waals surface area contributed by atoms with Crippen LogP contribution in [0.3, 0.4) is 0 Å². The Labute approximate surface area is 120 Å². The van der Waals surface area contributed by atoms with Crippen molar-refractivity contribution in [1.82, 2.24) is 4.90 Å². The van der Waals surface area contributed by atoms with Crippen molar-refractivity contribution in [1.29, 1.82) is 0 Å². The summed E-state index contributed by atoms with van der Waals surface area (Å²) in [5.41, 5.74) is 7.31. The van der Waals surface area contributed by atoms with E-state index in [1.165, 1.54) is 18.4 Å². The molecule has 1 heterocycles. The molecule has 1 atom stereocenters. The zero-order valence-electron chi connectivity index (χ0n) is 12.1. The maximum absolute atomic E-state index is 6.03. The van der Waals surface area contributed by atoms with Gasteiger partial charge in [-0.3, -0.25) is 4.99 Å². The van der Waals surface area contributed by atoms with Crippen molar-refractivity contribution in [3.63, 3.8) is 0 Å². The molecule has 0 spiro atoms. The fourth-order valence-electron chi connectivity index (χ4n) is 2.62. The first-order valence-electron chi connectivity index (χ1n) is 7.57. The van der Waals surface area contributed by atoms with Crippen LogP contribution >= 0.6 is 0 Å². The van der Waals surface area contributed by atoms with Crippen LogP contribution < -0.4 is 10.5 Å². The summed E-state index contributed by atoms with van der Waals surface area (Å²) in [5.74, 6) is 2.46. The Morgan fingerprint density at radius 2 is 2.05 bits per heavy atom. The van der Waals surface area contributed by atoms with Gasteiger partial charge in [-0.1, -0.05) is 19.1 Å². The Bertz CT molecular complexity index is 479. The van der Waals surface area contributed by atoms with Gasteiger partial charge in [-0.25, -0.2) is 0 Å². The second-order valence-corrected chi connectivity index (χ2v) is 5.73. The Balaban J connectivity index is 1.68. The summed E-state index contributed by atoms with van der Waals surface area (Å²) in [4.78, 5) is 6.68. The van der Waals surface area contributed by atoms with Gasteiger partial charge in [0.05, 0.1) is 19.2 Å².